The van der Waals surface area contributed by atoms with Gasteiger partial charge in [0.1, 0.15) is 12.5 Å². The summed E-state index contributed by atoms with van der Waals surface area (Å²) in [5.74, 6) is 1.01. The fourth-order valence-corrected chi connectivity index (χ4v) is 3.40. The Labute approximate surface area is 127 Å². The molecule has 2 aliphatic rings. The summed E-state index contributed by atoms with van der Waals surface area (Å²) in [4.78, 5) is 2.59. The van der Waals surface area contributed by atoms with Gasteiger partial charge in [-0.15, -0.1) is 0 Å². The Kier molecular flexibility index (Phi) is 5.12. The van der Waals surface area contributed by atoms with Crippen LogP contribution in [0, 0.1) is 0 Å². The lowest BCUT2D eigenvalue weighted by atomic mass is 10.0. The van der Waals surface area contributed by atoms with Crippen molar-refractivity contribution in [2.75, 3.05) is 33.6 Å². The van der Waals surface area contributed by atoms with E-state index in [1.807, 2.05) is 6.07 Å². The fourth-order valence-electron chi connectivity index (χ4n) is 3.40. The molecular formula is C17H25NO3. The fraction of sp³-hybridized carbons (Fsp3) is 0.647. The Morgan fingerprint density at radius 3 is 3.00 bits per heavy atom. The maximum absolute atomic E-state index is 5.69. The minimum atomic E-state index is 0.331. The van der Waals surface area contributed by atoms with Crippen LogP contribution < -0.4 is 4.74 Å². The van der Waals surface area contributed by atoms with Gasteiger partial charge in [-0.25, -0.2) is 0 Å². The van der Waals surface area contributed by atoms with Crippen LogP contribution >= 0.6 is 0 Å². The summed E-state index contributed by atoms with van der Waals surface area (Å²) in [5, 5.41) is 0. The largest absolute Gasteiger partial charge is 0.496 e. The van der Waals surface area contributed by atoms with Crippen LogP contribution in [0.2, 0.25) is 0 Å². The number of benzene rings is 1. The molecule has 1 aromatic rings. The number of methoxy groups -OCH3 is 1. The molecule has 21 heavy (non-hydrogen) atoms. The first-order chi connectivity index (χ1) is 10.4. The van der Waals surface area contributed by atoms with Gasteiger partial charge in [-0.2, -0.15) is 0 Å². The van der Waals surface area contributed by atoms with Crippen molar-refractivity contribution in [3.05, 3.63) is 29.8 Å². The lowest BCUT2D eigenvalue weighted by molar-refractivity contribution is -0.145. The molecule has 2 saturated heterocycles. The number of nitrogens with zero attached hydrogens (tertiary/aromatic N) is 1. The van der Waals surface area contributed by atoms with Gasteiger partial charge in [-0.05, 0) is 43.9 Å². The molecule has 116 valence electrons. The van der Waals surface area contributed by atoms with Crippen LogP contribution in [0.25, 0.3) is 0 Å². The Hall–Kier alpha value is -1.10. The molecule has 2 fully saturated rings. The molecule has 0 aliphatic carbocycles. The number of likely N-dealkylation sites (tertiary alicyclic amines) is 1. The summed E-state index contributed by atoms with van der Waals surface area (Å²) < 4.78 is 16.4. The molecular weight excluding hydrogens is 266 g/mol. The molecule has 0 aromatic heterocycles. The number of hydrogen-bond donors (Lipinski definition) is 0. The minimum Gasteiger partial charge on any atom is -0.496 e. The van der Waals surface area contributed by atoms with Gasteiger partial charge in [-0.3, -0.25) is 4.90 Å². The van der Waals surface area contributed by atoms with Crippen molar-refractivity contribution >= 4 is 0 Å². The van der Waals surface area contributed by atoms with E-state index in [0.717, 1.165) is 31.7 Å². The first-order valence-corrected chi connectivity index (χ1v) is 7.92. The summed E-state index contributed by atoms with van der Waals surface area (Å²) in [5.41, 5.74) is 1.31. The highest BCUT2D eigenvalue weighted by Gasteiger charge is 2.28. The Balaban J connectivity index is 1.61. The summed E-state index contributed by atoms with van der Waals surface area (Å²) in [6.45, 7) is 3.50. The smallest absolute Gasteiger partial charge is 0.147 e. The molecule has 2 heterocycles. The highest BCUT2D eigenvalue weighted by atomic mass is 16.7. The van der Waals surface area contributed by atoms with E-state index >= 15 is 0 Å². The van der Waals surface area contributed by atoms with E-state index in [0.29, 0.717) is 18.9 Å². The highest BCUT2D eigenvalue weighted by molar-refractivity contribution is 5.34. The van der Waals surface area contributed by atoms with Crippen LogP contribution in [0.4, 0.5) is 0 Å². The van der Waals surface area contributed by atoms with Gasteiger partial charge < -0.3 is 14.2 Å². The van der Waals surface area contributed by atoms with Crippen LogP contribution in [-0.2, 0) is 15.9 Å². The van der Waals surface area contributed by atoms with Crippen LogP contribution in [0.5, 0.6) is 5.75 Å². The number of para-hydroxylation sites is 1. The summed E-state index contributed by atoms with van der Waals surface area (Å²) in [6.07, 6.45) is 4.95. The molecule has 0 unspecified atom stereocenters. The molecule has 0 spiro atoms. The van der Waals surface area contributed by atoms with Gasteiger partial charge in [-0.1, -0.05) is 18.2 Å². The van der Waals surface area contributed by atoms with E-state index in [1.54, 1.807) is 7.11 Å². The average Bonchev–Trinajstić information content (AvgIpc) is 2.96. The van der Waals surface area contributed by atoms with E-state index in [1.165, 1.54) is 24.9 Å². The van der Waals surface area contributed by atoms with Gasteiger partial charge in [0.05, 0.1) is 19.8 Å². The molecule has 2 aliphatic heterocycles. The Morgan fingerprint density at radius 2 is 2.19 bits per heavy atom. The summed E-state index contributed by atoms with van der Waals surface area (Å²) >= 11 is 0. The zero-order valence-corrected chi connectivity index (χ0v) is 12.8. The molecule has 3 rings (SSSR count). The standard InChI is InChI=1S/C17H25NO3/c1-19-17-7-3-2-5-14(17)11-15-6-4-9-18(15)12-16-8-10-20-13-21-16/h2-3,5,7,15-16H,4,6,8-13H2,1H3/t15-,16-/m0/s1. The summed E-state index contributed by atoms with van der Waals surface area (Å²) in [6, 6.07) is 8.97. The summed E-state index contributed by atoms with van der Waals surface area (Å²) in [7, 11) is 1.75. The third-order valence-corrected chi connectivity index (χ3v) is 4.56. The molecule has 0 saturated carbocycles. The van der Waals surface area contributed by atoms with Gasteiger partial charge in [0.2, 0.25) is 0 Å². The zero-order chi connectivity index (χ0) is 14.5. The van der Waals surface area contributed by atoms with E-state index < -0.39 is 0 Å². The quantitative estimate of drug-likeness (QED) is 0.834. The van der Waals surface area contributed by atoms with Crippen molar-refractivity contribution in [1.82, 2.24) is 4.90 Å². The zero-order valence-electron chi connectivity index (χ0n) is 12.8. The lowest BCUT2D eigenvalue weighted by Gasteiger charge is -2.31. The molecule has 1 aromatic carbocycles. The van der Waals surface area contributed by atoms with Crippen LogP contribution in [0.15, 0.2) is 24.3 Å². The van der Waals surface area contributed by atoms with Gasteiger partial charge >= 0.3 is 0 Å². The molecule has 0 amide bonds. The molecule has 4 nitrogen and oxygen atoms in total. The molecule has 0 N–H and O–H groups in total. The highest BCUT2D eigenvalue weighted by Crippen LogP contribution is 2.26. The molecule has 0 bridgehead atoms. The van der Waals surface area contributed by atoms with Crippen LogP contribution in [0.3, 0.4) is 0 Å². The van der Waals surface area contributed by atoms with Gasteiger partial charge in [0, 0.05) is 12.6 Å². The first-order valence-electron chi connectivity index (χ1n) is 7.92. The predicted octanol–water partition coefficient (Wildman–Crippen LogP) is 2.47. The third kappa shape index (κ3) is 3.76. The SMILES string of the molecule is COc1ccccc1C[C@@H]1CCCN1C[C@@H]1CCOCO1. The van der Waals surface area contributed by atoms with Gasteiger partial charge in [0.15, 0.2) is 0 Å². The van der Waals surface area contributed by atoms with Crippen molar-refractivity contribution in [2.45, 2.75) is 37.8 Å². The van der Waals surface area contributed by atoms with Crippen molar-refractivity contribution in [3.8, 4) is 5.75 Å². The second kappa shape index (κ2) is 7.25. The molecule has 0 radical (unpaired) electrons. The predicted molar refractivity (Wildman–Crippen MR) is 81.6 cm³/mol. The van der Waals surface area contributed by atoms with Gasteiger partial charge in [0.25, 0.3) is 0 Å². The number of rotatable bonds is 5. The topological polar surface area (TPSA) is 30.9 Å². The van der Waals surface area contributed by atoms with Crippen LogP contribution in [0.1, 0.15) is 24.8 Å². The number of ether oxygens (including phenoxy) is 3. The van der Waals surface area contributed by atoms with Crippen molar-refractivity contribution in [1.29, 1.82) is 0 Å². The minimum absolute atomic E-state index is 0.331. The van der Waals surface area contributed by atoms with Crippen LogP contribution in [-0.4, -0.2) is 50.6 Å². The Bertz CT molecular complexity index is 445. The molecule has 2 atom stereocenters. The maximum Gasteiger partial charge on any atom is 0.147 e. The second-order valence-corrected chi connectivity index (χ2v) is 5.91. The van der Waals surface area contributed by atoms with Crippen molar-refractivity contribution in [3.63, 3.8) is 0 Å². The van der Waals surface area contributed by atoms with E-state index in [9.17, 15) is 0 Å². The van der Waals surface area contributed by atoms with Crippen molar-refractivity contribution < 1.29 is 14.2 Å². The molecule has 4 heteroatoms. The lowest BCUT2D eigenvalue weighted by Crippen LogP contribution is -2.40. The van der Waals surface area contributed by atoms with E-state index in [4.69, 9.17) is 14.2 Å². The first kappa shape index (κ1) is 14.8. The second-order valence-electron chi connectivity index (χ2n) is 5.91. The van der Waals surface area contributed by atoms with E-state index in [-0.39, 0.29) is 0 Å². The third-order valence-electron chi connectivity index (χ3n) is 4.56. The van der Waals surface area contributed by atoms with E-state index in [2.05, 4.69) is 23.1 Å². The monoisotopic (exact) mass is 291 g/mol. The van der Waals surface area contributed by atoms with Crippen molar-refractivity contribution in [2.24, 2.45) is 0 Å². The normalized spacial score (nSPS) is 26.9. The average molecular weight is 291 g/mol. The Morgan fingerprint density at radius 1 is 1.29 bits per heavy atom. The number of hydrogen-bond acceptors (Lipinski definition) is 4. The maximum atomic E-state index is 5.69.